The van der Waals surface area contributed by atoms with Crippen molar-refractivity contribution in [2.75, 3.05) is 6.61 Å². The third-order valence-corrected chi connectivity index (χ3v) is 5.78. The lowest BCUT2D eigenvalue weighted by atomic mass is 9.92. The number of aliphatic hydroxyl groups excluding tert-OH is 2. The molecular weight excluding hydrogens is 348 g/mol. The Morgan fingerprint density at radius 1 is 1.27 bits per heavy atom. The minimum absolute atomic E-state index is 0.0148. The second kappa shape index (κ2) is 10.3. The maximum Gasteiger partial charge on any atom is 0.119 e. The topological polar surface area (TPSA) is 49.7 Å². The molecule has 1 saturated carbocycles. The molecule has 2 rings (SSSR count). The predicted molar refractivity (Wildman–Crippen MR) is 108 cm³/mol. The van der Waals surface area contributed by atoms with Crippen molar-refractivity contribution >= 4 is 11.6 Å². The zero-order chi connectivity index (χ0) is 19.1. The molecule has 3 nitrogen and oxygen atoms in total. The summed E-state index contributed by atoms with van der Waals surface area (Å²) in [6, 6.07) is 7.60. The van der Waals surface area contributed by atoms with Crippen LogP contribution in [0.3, 0.4) is 0 Å². The van der Waals surface area contributed by atoms with E-state index in [2.05, 4.69) is 19.1 Å². The van der Waals surface area contributed by atoms with Gasteiger partial charge in [0.1, 0.15) is 5.75 Å². The maximum atomic E-state index is 10.4. The molecular formula is C22H33ClO3. The highest BCUT2D eigenvalue weighted by molar-refractivity contribution is 6.21. The molecule has 0 amide bonds. The zero-order valence-electron chi connectivity index (χ0n) is 16.1. The fourth-order valence-electron chi connectivity index (χ4n) is 3.59. The van der Waals surface area contributed by atoms with Crippen molar-refractivity contribution in [2.45, 2.75) is 64.0 Å². The molecule has 0 aromatic heterocycles. The van der Waals surface area contributed by atoms with Gasteiger partial charge in [0.2, 0.25) is 0 Å². The first kappa shape index (κ1) is 21.3. The molecule has 26 heavy (non-hydrogen) atoms. The summed E-state index contributed by atoms with van der Waals surface area (Å²) in [6.07, 6.45) is 7.18. The summed E-state index contributed by atoms with van der Waals surface area (Å²) in [7, 11) is 0. The van der Waals surface area contributed by atoms with Gasteiger partial charge in [-0.05, 0) is 48.8 Å². The highest BCUT2D eigenvalue weighted by Gasteiger charge is 2.41. The van der Waals surface area contributed by atoms with E-state index in [4.69, 9.17) is 16.3 Å². The van der Waals surface area contributed by atoms with E-state index in [1.54, 1.807) is 0 Å². The van der Waals surface area contributed by atoms with Crippen LogP contribution >= 0.6 is 11.6 Å². The summed E-state index contributed by atoms with van der Waals surface area (Å²) >= 11 is 6.48. The van der Waals surface area contributed by atoms with Gasteiger partial charge in [-0.25, -0.2) is 0 Å². The molecule has 0 radical (unpaired) electrons. The van der Waals surface area contributed by atoms with E-state index >= 15 is 0 Å². The molecule has 146 valence electrons. The first-order valence-electron chi connectivity index (χ1n) is 9.82. The molecule has 1 aromatic carbocycles. The number of hydrogen-bond acceptors (Lipinski definition) is 3. The van der Waals surface area contributed by atoms with E-state index in [1.165, 1.54) is 0 Å². The Hall–Kier alpha value is -1.03. The monoisotopic (exact) mass is 380 g/mol. The highest BCUT2D eigenvalue weighted by atomic mass is 35.5. The van der Waals surface area contributed by atoms with E-state index in [0.717, 1.165) is 30.6 Å². The Bertz CT molecular complexity index is 572. The van der Waals surface area contributed by atoms with E-state index < -0.39 is 12.2 Å². The van der Waals surface area contributed by atoms with Crippen LogP contribution in [-0.4, -0.2) is 28.3 Å². The van der Waals surface area contributed by atoms with Crippen LogP contribution in [0.2, 0.25) is 0 Å². The van der Waals surface area contributed by atoms with Crippen LogP contribution in [0, 0.1) is 17.8 Å². The van der Waals surface area contributed by atoms with Crippen LogP contribution in [0.5, 0.6) is 5.75 Å². The van der Waals surface area contributed by atoms with Crippen molar-refractivity contribution in [3.05, 3.63) is 42.0 Å². The van der Waals surface area contributed by atoms with Gasteiger partial charge in [-0.1, -0.05) is 51.5 Å². The average molecular weight is 381 g/mol. The summed E-state index contributed by atoms with van der Waals surface area (Å²) in [4.78, 5) is 0. The molecule has 1 aliphatic carbocycles. The lowest BCUT2D eigenvalue weighted by molar-refractivity contribution is 0.0804. The third kappa shape index (κ3) is 5.73. The Labute approximate surface area is 163 Å². The molecule has 0 spiro atoms. The van der Waals surface area contributed by atoms with Gasteiger partial charge < -0.3 is 14.9 Å². The standard InChI is InChI=1S/C22H33ClO3/c1-4-5-6-7-11-18-19(21(24)13-20(18)23)14-26-17-10-8-9-16(12-17)22(25)15(2)3/h6-10,12,15,18-22,24-25H,4-5,11,13-14H2,1-3H3/b7-6-/t18-,19-,20-,21-,22?/m1/s1. The van der Waals surface area contributed by atoms with Crippen LogP contribution < -0.4 is 4.74 Å². The Morgan fingerprint density at radius 3 is 2.73 bits per heavy atom. The molecule has 1 fully saturated rings. The fourth-order valence-corrected chi connectivity index (χ4v) is 4.07. The summed E-state index contributed by atoms with van der Waals surface area (Å²) in [5.41, 5.74) is 0.860. The van der Waals surface area contributed by atoms with Gasteiger partial charge >= 0.3 is 0 Å². The first-order chi connectivity index (χ1) is 12.4. The predicted octanol–water partition coefficient (Wildman–Crippen LogP) is 5.11. The Kier molecular flexibility index (Phi) is 8.46. The fraction of sp³-hybridized carbons (Fsp3) is 0.636. The van der Waals surface area contributed by atoms with Gasteiger partial charge in [0.15, 0.2) is 0 Å². The molecule has 4 heteroatoms. The number of halogens is 1. The van der Waals surface area contributed by atoms with E-state index in [9.17, 15) is 10.2 Å². The number of ether oxygens (including phenoxy) is 1. The number of rotatable bonds is 9. The smallest absolute Gasteiger partial charge is 0.119 e. The number of unbranched alkanes of at least 4 members (excludes halogenated alkanes) is 1. The SMILES string of the molecule is CCC/C=C\C[C@@H]1[C@@H](COc2cccc(C(O)C(C)C)c2)[C@H](O)C[C@H]1Cl. The zero-order valence-corrected chi connectivity index (χ0v) is 16.9. The Morgan fingerprint density at radius 2 is 2.04 bits per heavy atom. The van der Waals surface area contributed by atoms with Crippen molar-refractivity contribution in [2.24, 2.45) is 17.8 Å². The van der Waals surface area contributed by atoms with E-state index in [-0.39, 0.29) is 23.1 Å². The van der Waals surface area contributed by atoms with Crippen LogP contribution in [0.1, 0.15) is 58.1 Å². The third-order valence-electron chi connectivity index (χ3n) is 5.28. The van der Waals surface area contributed by atoms with Gasteiger partial charge in [0, 0.05) is 11.3 Å². The van der Waals surface area contributed by atoms with Gasteiger partial charge in [0.25, 0.3) is 0 Å². The van der Waals surface area contributed by atoms with Gasteiger partial charge in [-0.15, -0.1) is 11.6 Å². The molecule has 1 aromatic rings. The van der Waals surface area contributed by atoms with Crippen LogP contribution in [-0.2, 0) is 0 Å². The van der Waals surface area contributed by atoms with Crippen molar-refractivity contribution in [1.82, 2.24) is 0 Å². The van der Waals surface area contributed by atoms with Crippen molar-refractivity contribution in [3.8, 4) is 5.75 Å². The second-order valence-corrected chi connectivity index (χ2v) is 8.28. The van der Waals surface area contributed by atoms with E-state index in [0.29, 0.717) is 13.0 Å². The van der Waals surface area contributed by atoms with Gasteiger partial charge in [-0.3, -0.25) is 0 Å². The van der Waals surface area contributed by atoms with Crippen LogP contribution in [0.15, 0.2) is 36.4 Å². The summed E-state index contributed by atoms with van der Waals surface area (Å²) in [5.74, 6) is 1.14. The minimum atomic E-state index is -0.501. The maximum absolute atomic E-state index is 10.4. The van der Waals surface area contributed by atoms with Gasteiger partial charge in [0.05, 0.1) is 18.8 Å². The van der Waals surface area contributed by atoms with Crippen molar-refractivity contribution in [1.29, 1.82) is 0 Å². The minimum Gasteiger partial charge on any atom is -0.493 e. The van der Waals surface area contributed by atoms with Crippen LogP contribution in [0.25, 0.3) is 0 Å². The molecule has 0 aliphatic heterocycles. The molecule has 1 unspecified atom stereocenters. The average Bonchev–Trinajstić information content (AvgIpc) is 2.89. The second-order valence-electron chi connectivity index (χ2n) is 7.71. The Balaban J connectivity index is 1.98. The van der Waals surface area contributed by atoms with Crippen molar-refractivity contribution < 1.29 is 14.9 Å². The normalized spacial score (nSPS) is 27.3. The van der Waals surface area contributed by atoms with E-state index in [1.807, 2.05) is 38.1 Å². The molecule has 5 atom stereocenters. The first-order valence-corrected chi connectivity index (χ1v) is 10.3. The van der Waals surface area contributed by atoms with Crippen LogP contribution in [0.4, 0.5) is 0 Å². The van der Waals surface area contributed by atoms with Gasteiger partial charge in [-0.2, -0.15) is 0 Å². The highest BCUT2D eigenvalue weighted by Crippen LogP contribution is 2.39. The summed E-state index contributed by atoms with van der Waals surface area (Å²) in [6.45, 7) is 6.58. The number of aliphatic hydroxyl groups is 2. The number of hydrogen-bond donors (Lipinski definition) is 2. The lowest BCUT2D eigenvalue weighted by Crippen LogP contribution is -2.27. The summed E-state index contributed by atoms with van der Waals surface area (Å²) < 4.78 is 5.98. The largest absolute Gasteiger partial charge is 0.493 e. The van der Waals surface area contributed by atoms with Crippen molar-refractivity contribution in [3.63, 3.8) is 0 Å². The molecule has 0 heterocycles. The molecule has 1 aliphatic rings. The lowest BCUT2D eigenvalue weighted by Gasteiger charge is -2.23. The molecule has 0 bridgehead atoms. The number of allylic oxidation sites excluding steroid dienone is 2. The number of benzene rings is 1. The number of alkyl halides is 1. The molecule has 0 saturated heterocycles. The summed E-state index contributed by atoms with van der Waals surface area (Å²) in [5, 5.41) is 20.6. The molecule has 2 N–H and O–H groups in total. The quantitative estimate of drug-likeness (QED) is 0.462.